The third kappa shape index (κ3) is 2.49. The first-order valence-electron chi connectivity index (χ1n) is 6.76. The minimum Gasteiger partial charge on any atom is -0.364 e. The molecule has 1 aliphatic heterocycles. The Morgan fingerprint density at radius 2 is 2.25 bits per heavy atom. The lowest BCUT2D eigenvalue weighted by Gasteiger charge is -2.11. The molecule has 0 radical (unpaired) electrons. The SMILES string of the molecule is CC(C)c1cc2c(NC3CCS(=O)(=O)C3)nccn2n1. The highest BCUT2D eigenvalue weighted by Gasteiger charge is 2.28. The largest absolute Gasteiger partial charge is 0.364 e. The normalized spacial score (nSPS) is 21.6. The van der Waals surface area contributed by atoms with E-state index in [4.69, 9.17) is 0 Å². The molecule has 0 spiro atoms. The third-order valence-electron chi connectivity index (χ3n) is 3.57. The molecule has 3 rings (SSSR count). The number of nitrogens with one attached hydrogen (secondary N) is 1. The molecule has 1 atom stereocenters. The van der Waals surface area contributed by atoms with Gasteiger partial charge < -0.3 is 5.32 Å². The van der Waals surface area contributed by atoms with Crippen LogP contribution in [0.15, 0.2) is 18.5 Å². The van der Waals surface area contributed by atoms with Gasteiger partial charge in [-0.3, -0.25) is 0 Å². The highest BCUT2D eigenvalue weighted by atomic mass is 32.2. The maximum atomic E-state index is 11.5. The molecule has 3 heterocycles. The van der Waals surface area contributed by atoms with Gasteiger partial charge >= 0.3 is 0 Å². The van der Waals surface area contributed by atoms with Gasteiger partial charge in [-0.2, -0.15) is 5.10 Å². The summed E-state index contributed by atoms with van der Waals surface area (Å²) in [6.45, 7) is 4.18. The summed E-state index contributed by atoms with van der Waals surface area (Å²) >= 11 is 0. The topological polar surface area (TPSA) is 76.4 Å². The monoisotopic (exact) mass is 294 g/mol. The summed E-state index contributed by atoms with van der Waals surface area (Å²) in [5.41, 5.74) is 1.89. The average molecular weight is 294 g/mol. The van der Waals surface area contributed by atoms with Gasteiger partial charge in [0.25, 0.3) is 0 Å². The summed E-state index contributed by atoms with van der Waals surface area (Å²) in [7, 11) is -2.89. The molecule has 1 unspecified atom stereocenters. The van der Waals surface area contributed by atoms with Gasteiger partial charge in [0.15, 0.2) is 15.7 Å². The highest BCUT2D eigenvalue weighted by molar-refractivity contribution is 7.91. The zero-order chi connectivity index (χ0) is 14.3. The molecule has 6 nitrogen and oxygen atoms in total. The molecular formula is C13H18N4O2S. The van der Waals surface area contributed by atoms with Gasteiger partial charge in [0, 0.05) is 18.4 Å². The number of nitrogens with zero attached hydrogens (tertiary/aromatic N) is 3. The average Bonchev–Trinajstić information content (AvgIpc) is 2.93. The first kappa shape index (κ1) is 13.4. The quantitative estimate of drug-likeness (QED) is 0.927. The summed E-state index contributed by atoms with van der Waals surface area (Å²) in [5.74, 6) is 1.48. The van der Waals surface area contributed by atoms with Gasteiger partial charge in [-0.25, -0.2) is 17.9 Å². The van der Waals surface area contributed by atoms with E-state index in [2.05, 4.69) is 29.2 Å². The van der Waals surface area contributed by atoms with Crippen molar-refractivity contribution in [2.45, 2.75) is 32.2 Å². The second-order valence-electron chi connectivity index (χ2n) is 5.57. The molecule has 0 aliphatic carbocycles. The Morgan fingerprint density at radius 3 is 2.90 bits per heavy atom. The van der Waals surface area contributed by atoms with E-state index in [0.29, 0.717) is 18.2 Å². The molecule has 108 valence electrons. The predicted molar refractivity (Wildman–Crippen MR) is 77.8 cm³/mol. The van der Waals surface area contributed by atoms with Crippen LogP contribution >= 0.6 is 0 Å². The van der Waals surface area contributed by atoms with Gasteiger partial charge in [0.2, 0.25) is 0 Å². The van der Waals surface area contributed by atoms with E-state index in [0.717, 1.165) is 11.2 Å². The number of hydrogen-bond acceptors (Lipinski definition) is 5. The minimum atomic E-state index is -2.89. The zero-order valence-electron chi connectivity index (χ0n) is 11.6. The Bertz CT molecular complexity index is 736. The van der Waals surface area contributed by atoms with Crippen LogP contribution in [0.5, 0.6) is 0 Å². The summed E-state index contributed by atoms with van der Waals surface area (Å²) in [6.07, 6.45) is 4.11. The van der Waals surface area contributed by atoms with E-state index in [9.17, 15) is 8.42 Å². The Hall–Kier alpha value is -1.63. The second-order valence-corrected chi connectivity index (χ2v) is 7.80. The van der Waals surface area contributed by atoms with Crippen molar-refractivity contribution in [3.63, 3.8) is 0 Å². The van der Waals surface area contributed by atoms with Crippen LogP contribution in [-0.2, 0) is 9.84 Å². The molecule has 1 saturated heterocycles. The third-order valence-corrected chi connectivity index (χ3v) is 5.34. The molecule has 0 aromatic carbocycles. The first-order chi connectivity index (χ1) is 9.44. The zero-order valence-corrected chi connectivity index (χ0v) is 12.4. The molecule has 1 aliphatic rings. The maximum absolute atomic E-state index is 11.5. The Labute approximate surface area is 118 Å². The van der Waals surface area contributed by atoms with Crippen LogP contribution in [0.1, 0.15) is 31.9 Å². The van der Waals surface area contributed by atoms with Crippen LogP contribution in [0.25, 0.3) is 5.52 Å². The number of aromatic nitrogens is 3. The predicted octanol–water partition coefficient (Wildman–Crippen LogP) is 1.45. The van der Waals surface area contributed by atoms with Crippen LogP contribution in [0.2, 0.25) is 0 Å². The summed E-state index contributed by atoms with van der Waals surface area (Å²) < 4.78 is 24.8. The molecule has 0 saturated carbocycles. The van der Waals surface area contributed by atoms with Crippen molar-refractivity contribution in [3.05, 3.63) is 24.2 Å². The molecule has 2 aromatic rings. The summed E-state index contributed by atoms with van der Waals surface area (Å²) in [6, 6.07) is 1.94. The van der Waals surface area contributed by atoms with E-state index < -0.39 is 9.84 Å². The van der Waals surface area contributed by atoms with Crippen molar-refractivity contribution in [3.8, 4) is 0 Å². The molecule has 1 N–H and O–H groups in total. The van der Waals surface area contributed by atoms with Crippen LogP contribution in [0, 0.1) is 0 Å². The van der Waals surface area contributed by atoms with Crippen molar-refractivity contribution in [1.29, 1.82) is 0 Å². The molecule has 1 fully saturated rings. The Kier molecular flexibility index (Phi) is 3.16. The van der Waals surface area contributed by atoms with Crippen molar-refractivity contribution < 1.29 is 8.42 Å². The standard InChI is InChI=1S/C13H18N4O2S/c1-9(2)11-7-12-13(14-4-5-17(12)16-11)15-10-3-6-20(18,19)8-10/h4-5,7,9-10H,3,6,8H2,1-2H3,(H,14,15). The van der Waals surface area contributed by atoms with Crippen molar-refractivity contribution in [2.24, 2.45) is 0 Å². The summed E-state index contributed by atoms with van der Waals surface area (Å²) in [5, 5.41) is 7.74. The van der Waals surface area contributed by atoms with Gasteiger partial charge in [-0.1, -0.05) is 13.8 Å². The van der Waals surface area contributed by atoms with Gasteiger partial charge in [-0.05, 0) is 18.4 Å². The van der Waals surface area contributed by atoms with Gasteiger partial charge in [-0.15, -0.1) is 0 Å². The second kappa shape index (κ2) is 4.73. The van der Waals surface area contributed by atoms with E-state index >= 15 is 0 Å². The molecule has 7 heteroatoms. The maximum Gasteiger partial charge on any atom is 0.152 e. The lowest BCUT2D eigenvalue weighted by molar-refractivity contribution is 0.602. The lowest BCUT2D eigenvalue weighted by Crippen LogP contribution is -2.21. The van der Waals surface area contributed by atoms with Gasteiger partial charge in [0.1, 0.15) is 5.52 Å². The molecule has 0 amide bonds. The fourth-order valence-corrected chi connectivity index (χ4v) is 4.11. The summed E-state index contributed by atoms with van der Waals surface area (Å²) in [4.78, 5) is 4.32. The Balaban J connectivity index is 1.92. The van der Waals surface area contributed by atoms with Crippen molar-refractivity contribution in [1.82, 2.24) is 14.6 Å². The number of fused-ring (bicyclic) bond motifs is 1. The molecule has 0 bridgehead atoms. The smallest absolute Gasteiger partial charge is 0.152 e. The fraction of sp³-hybridized carbons (Fsp3) is 0.538. The minimum absolute atomic E-state index is 0.0592. The van der Waals surface area contributed by atoms with Crippen molar-refractivity contribution in [2.75, 3.05) is 16.8 Å². The number of hydrogen-bond donors (Lipinski definition) is 1. The van der Waals surface area contributed by atoms with E-state index in [-0.39, 0.29) is 17.5 Å². The highest BCUT2D eigenvalue weighted by Crippen LogP contribution is 2.22. The molecule has 2 aromatic heterocycles. The van der Waals surface area contributed by atoms with Crippen LogP contribution < -0.4 is 5.32 Å². The first-order valence-corrected chi connectivity index (χ1v) is 8.58. The van der Waals surface area contributed by atoms with Crippen molar-refractivity contribution >= 4 is 21.2 Å². The van der Waals surface area contributed by atoms with E-state index in [1.54, 1.807) is 16.9 Å². The van der Waals surface area contributed by atoms with Crippen LogP contribution in [0.3, 0.4) is 0 Å². The number of rotatable bonds is 3. The lowest BCUT2D eigenvalue weighted by atomic mass is 10.1. The molecular weight excluding hydrogens is 276 g/mol. The molecule has 20 heavy (non-hydrogen) atoms. The number of anilines is 1. The van der Waals surface area contributed by atoms with E-state index in [1.165, 1.54) is 0 Å². The van der Waals surface area contributed by atoms with Crippen LogP contribution in [0.4, 0.5) is 5.82 Å². The van der Waals surface area contributed by atoms with Gasteiger partial charge in [0.05, 0.1) is 17.2 Å². The fourth-order valence-electron chi connectivity index (χ4n) is 2.44. The number of sulfone groups is 1. The Morgan fingerprint density at radius 1 is 1.45 bits per heavy atom. The van der Waals surface area contributed by atoms with Crippen LogP contribution in [-0.4, -0.2) is 40.6 Å². The van der Waals surface area contributed by atoms with E-state index in [1.807, 2.05) is 6.07 Å².